The van der Waals surface area contributed by atoms with Gasteiger partial charge in [-0.1, -0.05) is 12.8 Å². The van der Waals surface area contributed by atoms with Gasteiger partial charge in [-0.3, -0.25) is 4.98 Å². The van der Waals surface area contributed by atoms with E-state index in [2.05, 4.69) is 23.3 Å². The number of aryl methyl sites for hydroxylation is 1. The van der Waals surface area contributed by atoms with Crippen LogP contribution < -0.4 is 5.32 Å². The van der Waals surface area contributed by atoms with Crippen molar-refractivity contribution < 1.29 is 0 Å². The summed E-state index contributed by atoms with van der Waals surface area (Å²) in [5, 5.41) is 3.51. The van der Waals surface area contributed by atoms with Crippen LogP contribution in [0.4, 0.5) is 5.69 Å². The van der Waals surface area contributed by atoms with E-state index in [0.29, 0.717) is 0 Å². The number of hydrogen-bond acceptors (Lipinski definition) is 2. The van der Waals surface area contributed by atoms with Crippen molar-refractivity contribution in [2.24, 2.45) is 5.92 Å². The third kappa shape index (κ3) is 2.25. The summed E-state index contributed by atoms with van der Waals surface area (Å²) < 4.78 is 0. The highest BCUT2D eigenvalue weighted by Crippen LogP contribution is 2.25. The van der Waals surface area contributed by atoms with Crippen LogP contribution in [-0.2, 0) is 0 Å². The minimum Gasteiger partial charge on any atom is -0.384 e. The van der Waals surface area contributed by atoms with Crippen LogP contribution in [0.2, 0.25) is 0 Å². The zero-order chi connectivity index (χ0) is 9.80. The summed E-state index contributed by atoms with van der Waals surface area (Å²) in [7, 11) is 0. The molecule has 14 heavy (non-hydrogen) atoms. The Morgan fingerprint density at radius 3 is 2.93 bits per heavy atom. The first-order valence-corrected chi connectivity index (χ1v) is 5.51. The van der Waals surface area contributed by atoms with Gasteiger partial charge in [-0.25, -0.2) is 0 Å². The SMILES string of the molecule is Cc1cnccc1NCC1CCCC1. The first-order chi connectivity index (χ1) is 6.86. The van der Waals surface area contributed by atoms with Crippen LogP contribution >= 0.6 is 0 Å². The molecule has 1 heterocycles. The van der Waals surface area contributed by atoms with Crippen molar-refractivity contribution in [3.05, 3.63) is 24.0 Å². The number of nitrogens with zero attached hydrogens (tertiary/aromatic N) is 1. The molecule has 2 heteroatoms. The Bertz CT molecular complexity index is 290. The molecule has 0 unspecified atom stereocenters. The van der Waals surface area contributed by atoms with E-state index in [-0.39, 0.29) is 0 Å². The van der Waals surface area contributed by atoms with Crippen molar-refractivity contribution in [3.63, 3.8) is 0 Å². The van der Waals surface area contributed by atoms with E-state index in [1.807, 2.05) is 12.4 Å². The van der Waals surface area contributed by atoms with Crippen molar-refractivity contribution in [1.82, 2.24) is 4.98 Å². The van der Waals surface area contributed by atoms with Gasteiger partial charge in [-0.15, -0.1) is 0 Å². The lowest BCUT2D eigenvalue weighted by molar-refractivity contribution is 0.579. The first-order valence-electron chi connectivity index (χ1n) is 5.51. The third-order valence-corrected chi connectivity index (χ3v) is 3.08. The summed E-state index contributed by atoms with van der Waals surface area (Å²) >= 11 is 0. The smallest absolute Gasteiger partial charge is 0.0400 e. The molecule has 2 nitrogen and oxygen atoms in total. The van der Waals surface area contributed by atoms with Crippen LogP contribution in [0, 0.1) is 12.8 Å². The van der Waals surface area contributed by atoms with Crippen LogP contribution in [0.1, 0.15) is 31.2 Å². The maximum absolute atomic E-state index is 4.08. The number of anilines is 1. The molecular formula is C12H18N2. The molecule has 1 aromatic heterocycles. The standard InChI is InChI=1S/C12H18N2/c1-10-8-13-7-6-12(10)14-9-11-4-2-3-5-11/h6-8,11H,2-5,9H2,1H3,(H,13,14). The Hall–Kier alpha value is -1.05. The van der Waals surface area contributed by atoms with Crippen molar-refractivity contribution in [2.45, 2.75) is 32.6 Å². The molecule has 1 aliphatic rings. The highest BCUT2D eigenvalue weighted by atomic mass is 14.9. The van der Waals surface area contributed by atoms with E-state index in [0.717, 1.165) is 12.5 Å². The lowest BCUT2D eigenvalue weighted by Gasteiger charge is -2.13. The first kappa shape index (κ1) is 9.50. The van der Waals surface area contributed by atoms with E-state index >= 15 is 0 Å². The molecule has 0 atom stereocenters. The van der Waals surface area contributed by atoms with Crippen LogP contribution in [0.5, 0.6) is 0 Å². The predicted molar refractivity (Wildman–Crippen MR) is 59.4 cm³/mol. The van der Waals surface area contributed by atoms with Gasteiger partial charge in [0.2, 0.25) is 0 Å². The van der Waals surface area contributed by atoms with Gasteiger partial charge in [0.15, 0.2) is 0 Å². The van der Waals surface area contributed by atoms with Gasteiger partial charge in [0.25, 0.3) is 0 Å². The number of pyridine rings is 1. The monoisotopic (exact) mass is 190 g/mol. The topological polar surface area (TPSA) is 24.9 Å². The number of rotatable bonds is 3. The van der Waals surface area contributed by atoms with E-state index in [4.69, 9.17) is 0 Å². The molecule has 0 saturated heterocycles. The number of aromatic nitrogens is 1. The van der Waals surface area contributed by atoms with E-state index < -0.39 is 0 Å². The quantitative estimate of drug-likeness (QED) is 0.792. The van der Waals surface area contributed by atoms with Gasteiger partial charge in [-0.2, -0.15) is 0 Å². The summed E-state index contributed by atoms with van der Waals surface area (Å²) in [5.74, 6) is 0.891. The molecule has 2 rings (SSSR count). The van der Waals surface area contributed by atoms with Crippen LogP contribution in [-0.4, -0.2) is 11.5 Å². The van der Waals surface area contributed by atoms with Crippen LogP contribution in [0.15, 0.2) is 18.5 Å². The maximum Gasteiger partial charge on any atom is 0.0400 e. The molecule has 1 aliphatic carbocycles. The summed E-state index contributed by atoms with van der Waals surface area (Å²) in [6.07, 6.45) is 9.40. The second kappa shape index (κ2) is 4.45. The zero-order valence-electron chi connectivity index (χ0n) is 8.79. The average Bonchev–Trinajstić information content (AvgIpc) is 2.69. The molecule has 1 fully saturated rings. The second-order valence-electron chi connectivity index (χ2n) is 4.22. The van der Waals surface area contributed by atoms with Crippen LogP contribution in [0.3, 0.4) is 0 Å². The Labute approximate surface area is 85.7 Å². The van der Waals surface area contributed by atoms with Crippen molar-refractivity contribution in [2.75, 3.05) is 11.9 Å². The lowest BCUT2D eigenvalue weighted by Crippen LogP contribution is -2.11. The Morgan fingerprint density at radius 2 is 2.21 bits per heavy atom. The Kier molecular flexibility index (Phi) is 3.02. The van der Waals surface area contributed by atoms with Crippen molar-refractivity contribution in [1.29, 1.82) is 0 Å². The van der Waals surface area contributed by atoms with Crippen molar-refractivity contribution >= 4 is 5.69 Å². The minimum atomic E-state index is 0.891. The average molecular weight is 190 g/mol. The number of hydrogen-bond donors (Lipinski definition) is 1. The second-order valence-corrected chi connectivity index (χ2v) is 4.22. The van der Waals surface area contributed by atoms with Gasteiger partial charge in [0.05, 0.1) is 0 Å². The molecule has 1 N–H and O–H groups in total. The van der Waals surface area contributed by atoms with E-state index in [9.17, 15) is 0 Å². The maximum atomic E-state index is 4.08. The molecule has 0 radical (unpaired) electrons. The fourth-order valence-corrected chi connectivity index (χ4v) is 2.14. The molecule has 0 aromatic carbocycles. The van der Waals surface area contributed by atoms with Gasteiger partial charge < -0.3 is 5.32 Å². The highest BCUT2D eigenvalue weighted by Gasteiger charge is 2.14. The van der Waals surface area contributed by atoms with Gasteiger partial charge in [0.1, 0.15) is 0 Å². The van der Waals surface area contributed by atoms with Gasteiger partial charge in [0, 0.05) is 24.6 Å². The molecule has 1 saturated carbocycles. The largest absolute Gasteiger partial charge is 0.384 e. The molecule has 76 valence electrons. The fourth-order valence-electron chi connectivity index (χ4n) is 2.14. The molecule has 1 aromatic rings. The van der Waals surface area contributed by atoms with E-state index in [1.165, 1.54) is 36.9 Å². The normalized spacial score (nSPS) is 17.2. The Balaban J connectivity index is 1.88. The summed E-state index contributed by atoms with van der Waals surface area (Å²) in [4.78, 5) is 4.08. The number of nitrogens with one attached hydrogen (secondary N) is 1. The molecule has 0 spiro atoms. The lowest BCUT2D eigenvalue weighted by atomic mass is 10.1. The predicted octanol–water partition coefficient (Wildman–Crippen LogP) is 2.99. The molecular weight excluding hydrogens is 172 g/mol. The molecule has 0 bridgehead atoms. The molecule has 0 amide bonds. The summed E-state index contributed by atoms with van der Waals surface area (Å²) in [5.41, 5.74) is 2.48. The fraction of sp³-hybridized carbons (Fsp3) is 0.583. The summed E-state index contributed by atoms with van der Waals surface area (Å²) in [6, 6.07) is 2.06. The summed E-state index contributed by atoms with van der Waals surface area (Å²) in [6.45, 7) is 3.23. The van der Waals surface area contributed by atoms with Crippen molar-refractivity contribution in [3.8, 4) is 0 Å². The van der Waals surface area contributed by atoms with Gasteiger partial charge >= 0.3 is 0 Å². The third-order valence-electron chi connectivity index (χ3n) is 3.08. The zero-order valence-corrected chi connectivity index (χ0v) is 8.79. The van der Waals surface area contributed by atoms with E-state index in [1.54, 1.807) is 0 Å². The highest BCUT2D eigenvalue weighted by molar-refractivity contribution is 5.48. The van der Waals surface area contributed by atoms with Gasteiger partial charge in [-0.05, 0) is 37.3 Å². The minimum absolute atomic E-state index is 0.891. The Morgan fingerprint density at radius 1 is 1.43 bits per heavy atom. The van der Waals surface area contributed by atoms with Crippen LogP contribution in [0.25, 0.3) is 0 Å². The molecule has 0 aliphatic heterocycles.